The molecule has 0 aliphatic rings. The summed E-state index contributed by atoms with van der Waals surface area (Å²) in [4.78, 5) is 3.22. The number of anilines is 1. The predicted octanol–water partition coefficient (Wildman–Crippen LogP) is 5.20. The number of aromatic amines is 1. The van der Waals surface area contributed by atoms with Crippen molar-refractivity contribution < 1.29 is 0 Å². The highest BCUT2D eigenvalue weighted by molar-refractivity contribution is 9.10. The normalized spacial score (nSPS) is 10.8. The van der Waals surface area contributed by atoms with Gasteiger partial charge in [0, 0.05) is 33.4 Å². The molecule has 0 atom stereocenters. The van der Waals surface area contributed by atoms with E-state index in [0.717, 1.165) is 27.2 Å². The van der Waals surface area contributed by atoms with Gasteiger partial charge in [0.25, 0.3) is 0 Å². The fourth-order valence-electron chi connectivity index (χ4n) is 2.04. The standard InChI is InChI=1S/C15H12BrClN2/c16-13-8-12(17)3-4-14(13)19-9-10-1-2-11-5-6-18-15(11)7-10/h1-8,18-19H,9H2. The third-order valence-corrected chi connectivity index (χ3v) is 3.92. The van der Waals surface area contributed by atoms with Crippen LogP contribution in [0.1, 0.15) is 5.56 Å². The van der Waals surface area contributed by atoms with Gasteiger partial charge in [-0.2, -0.15) is 0 Å². The van der Waals surface area contributed by atoms with Crippen molar-refractivity contribution in [3.8, 4) is 0 Å². The first kappa shape index (κ1) is 12.6. The molecule has 96 valence electrons. The average Bonchev–Trinajstić information content (AvgIpc) is 2.85. The first-order valence-electron chi connectivity index (χ1n) is 5.97. The van der Waals surface area contributed by atoms with E-state index in [1.807, 2.05) is 24.4 Å². The number of halogens is 2. The molecule has 1 heterocycles. The number of aromatic nitrogens is 1. The molecule has 0 aliphatic carbocycles. The van der Waals surface area contributed by atoms with Crippen molar-refractivity contribution in [1.29, 1.82) is 0 Å². The van der Waals surface area contributed by atoms with Gasteiger partial charge in [-0.05, 0) is 57.2 Å². The summed E-state index contributed by atoms with van der Waals surface area (Å²) in [6, 6.07) is 14.2. The van der Waals surface area contributed by atoms with Gasteiger partial charge in [-0.25, -0.2) is 0 Å². The number of H-pyrrole nitrogens is 1. The molecular formula is C15H12BrClN2. The summed E-state index contributed by atoms with van der Waals surface area (Å²) >= 11 is 9.43. The highest BCUT2D eigenvalue weighted by atomic mass is 79.9. The van der Waals surface area contributed by atoms with Crippen LogP contribution >= 0.6 is 27.5 Å². The Labute approximate surface area is 124 Å². The van der Waals surface area contributed by atoms with Gasteiger partial charge in [0.2, 0.25) is 0 Å². The maximum atomic E-state index is 5.93. The second kappa shape index (κ2) is 5.27. The first-order valence-corrected chi connectivity index (χ1v) is 7.14. The van der Waals surface area contributed by atoms with Crippen LogP contribution in [0, 0.1) is 0 Å². The second-order valence-corrected chi connectivity index (χ2v) is 5.67. The smallest absolute Gasteiger partial charge is 0.0488 e. The largest absolute Gasteiger partial charge is 0.380 e. The van der Waals surface area contributed by atoms with E-state index in [-0.39, 0.29) is 0 Å². The van der Waals surface area contributed by atoms with Gasteiger partial charge in [0.05, 0.1) is 0 Å². The minimum Gasteiger partial charge on any atom is -0.380 e. The molecule has 0 spiro atoms. The van der Waals surface area contributed by atoms with Gasteiger partial charge in [-0.3, -0.25) is 0 Å². The molecule has 0 saturated heterocycles. The monoisotopic (exact) mass is 334 g/mol. The van der Waals surface area contributed by atoms with Crippen LogP contribution in [0.15, 0.2) is 53.1 Å². The molecule has 3 rings (SSSR count). The van der Waals surface area contributed by atoms with E-state index < -0.39 is 0 Å². The summed E-state index contributed by atoms with van der Waals surface area (Å²) in [6.45, 7) is 0.773. The maximum Gasteiger partial charge on any atom is 0.0488 e. The zero-order chi connectivity index (χ0) is 13.2. The molecule has 0 saturated carbocycles. The molecule has 2 N–H and O–H groups in total. The van der Waals surface area contributed by atoms with Gasteiger partial charge < -0.3 is 10.3 Å². The van der Waals surface area contributed by atoms with E-state index in [1.54, 1.807) is 0 Å². The van der Waals surface area contributed by atoms with Crippen LogP contribution in [0.25, 0.3) is 10.9 Å². The fraction of sp³-hybridized carbons (Fsp3) is 0.0667. The molecule has 4 heteroatoms. The van der Waals surface area contributed by atoms with Crippen molar-refractivity contribution in [1.82, 2.24) is 4.98 Å². The molecule has 0 bridgehead atoms. The summed E-state index contributed by atoms with van der Waals surface area (Å²) in [5, 5.41) is 5.35. The summed E-state index contributed by atoms with van der Waals surface area (Å²) in [5.74, 6) is 0. The SMILES string of the molecule is Clc1ccc(NCc2ccc3cc[nH]c3c2)c(Br)c1. The second-order valence-electron chi connectivity index (χ2n) is 4.38. The molecule has 0 unspecified atom stereocenters. The Morgan fingerprint density at radius 2 is 2.00 bits per heavy atom. The van der Waals surface area contributed by atoms with Gasteiger partial charge in [0.1, 0.15) is 0 Å². The van der Waals surface area contributed by atoms with E-state index in [1.165, 1.54) is 10.9 Å². The molecule has 19 heavy (non-hydrogen) atoms. The minimum atomic E-state index is 0.727. The first-order chi connectivity index (χ1) is 9.22. The molecular weight excluding hydrogens is 324 g/mol. The Bertz CT molecular complexity index is 721. The molecule has 0 amide bonds. The van der Waals surface area contributed by atoms with Crippen LogP contribution in [-0.2, 0) is 6.54 Å². The zero-order valence-corrected chi connectivity index (χ0v) is 12.4. The Kier molecular flexibility index (Phi) is 3.49. The van der Waals surface area contributed by atoms with Gasteiger partial charge >= 0.3 is 0 Å². The molecule has 0 fully saturated rings. The number of nitrogens with one attached hydrogen (secondary N) is 2. The number of hydrogen-bond acceptors (Lipinski definition) is 1. The fourth-order valence-corrected chi connectivity index (χ4v) is 2.86. The lowest BCUT2D eigenvalue weighted by atomic mass is 10.1. The number of fused-ring (bicyclic) bond motifs is 1. The van der Waals surface area contributed by atoms with Crippen molar-refractivity contribution >= 4 is 44.1 Å². The quantitative estimate of drug-likeness (QED) is 0.677. The Hall–Kier alpha value is -1.45. The van der Waals surface area contributed by atoms with Crippen LogP contribution in [-0.4, -0.2) is 4.98 Å². The number of benzene rings is 2. The van der Waals surface area contributed by atoms with E-state index in [2.05, 4.69) is 50.5 Å². The van der Waals surface area contributed by atoms with Crippen LogP contribution in [0.2, 0.25) is 5.02 Å². The van der Waals surface area contributed by atoms with Crippen LogP contribution in [0.5, 0.6) is 0 Å². The zero-order valence-electron chi connectivity index (χ0n) is 10.1. The van der Waals surface area contributed by atoms with Crippen molar-refractivity contribution in [2.75, 3.05) is 5.32 Å². The van der Waals surface area contributed by atoms with Crippen LogP contribution in [0.4, 0.5) is 5.69 Å². The van der Waals surface area contributed by atoms with Gasteiger partial charge in [0.15, 0.2) is 0 Å². The third-order valence-electron chi connectivity index (χ3n) is 3.03. The number of hydrogen-bond donors (Lipinski definition) is 2. The van der Waals surface area contributed by atoms with E-state index in [9.17, 15) is 0 Å². The topological polar surface area (TPSA) is 27.8 Å². The van der Waals surface area contributed by atoms with Crippen molar-refractivity contribution in [2.45, 2.75) is 6.54 Å². The molecule has 1 aromatic heterocycles. The lowest BCUT2D eigenvalue weighted by Crippen LogP contribution is -1.99. The lowest BCUT2D eigenvalue weighted by molar-refractivity contribution is 1.15. The summed E-state index contributed by atoms with van der Waals surface area (Å²) in [7, 11) is 0. The lowest BCUT2D eigenvalue weighted by Gasteiger charge is -2.09. The molecule has 2 nitrogen and oxygen atoms in total. The van der Waals surface area contributed by atoms with E-state index in [0.29, 0.717) is 0 Å². The van der Waals surface area contributed by atoms with E-state index >= 15 is 0 Å². The summed E-state index contributed by atoms with van der Waals surface area (Å²) < 4.78 is 0.973. The highest BCUT2D eigenvalue weighted by Crippen LogP contribution is 2.26. The van der Waals surface area contributed by atoms with Crippen molar-refractivity contribution in [2.24, 2.45) is 0 Å². The van der Waals surface area contributed by atoms with Gasteiger partial charge in [-0.15, -0.1) is 0 Å². The van der Waals surface area contributed by atoms with Crippen molar-refractivity contribution in [3.63, 3.8) is 0 Å². The Morgan fingerprint density at radius 3 is 2.84 bits per heavy atom. The number of rotatable bonds is 3. The summed E-state index contributed by atoms with van der Waals surface area (Å²) in [5.41, 5.74) is 3.43. The summed E-state index contributed by atoms with van der Waals surface area (Å²) in [6.07, 6.45) is 1.96. The molecule has 0 aliphatic heterocycles. The Morgan fingerprint density at radius 1 is 1.11 bits per heavy atom. The highest BCUT2D eigenvalue weighted by Gasteiger charge is 2.01. The van der Waals surface area contributed by atoms with Gasteiger partial charge in [-0.1, -0.05) is 23.7 Å². The van der Waals surface area contributed by atoms with Crippen LogP contribution < -0.4 is 5.32 Å². The third kappa shape index (κ3) is 2.77. The van der Waals surface area contributed by atoms with Crippen molar-refractivity contribution in [3.05, 3.63) is 63.7 Å². The average molecular weight is 336 g/mol. The van der Waals surface area contributed by atoms with E-state index in [4.69, 9.17) is 11.6 Å². The minimum absolute atomic E-state index is 0.727. The van der Waals surface area contributed by atoms with Crippen LogP contribution in [0.3, 0.4) is 0 Å². The predicted molar refractivity (Wildman–Crippen MR) is 84.8 cm³/mol. The Balaban J connectivity index is 1.77. The molecule has 0 radical (unpaired) electrons. The molecule has 3 aromatic rings. The maximum absolute atomic E-state index is 5.93. The molecule has 2 aromatic carbocycles.